The van der Waals surface area contributed by atoms with Gasteiger partial charge in [-0.25, -0.2) is 0 Å². The van der Waals surface area contributed by atoms with Crippen LogP contribution in [0.25, 0.3) is 0 Å². The molecule has 0 bridgehead atoms. The Morgan fingerprint density at radius 3 is 1.11 bits per heavy atom. The Morgan fingerprint density at radius 1 is 0.607 bits per heavy atom. The summed E-state index contributed by atoms with van der Waals surface area (Å²) in [6.07, 6.45) is 8.32. The van der Waals surface area contributed by atoms with Crippen molar-refractivity contribution in [2.75, 3.05) is 54.6 Å². The number of nitrogens with one attached hydrogen (secondary N) is 4. The second kappa shape index (κ2) is 53.3. The van der Waals surface area contributed by atoms with Crippen LogP contribution >= 0.6 is 0 Å². The minimum atomic E-state index is -0.337. The minimum absolute atomic E-state index is 0. The van der Waals surface area contributed by atoms with Gasteiger partial charge in [-0.1, -0.05) is 105 Å². The van der Waals surface area contributed by atoms with Crippen molar-refractivity contribution < 1.29 is 30.1 Å². The summed E-state index contributed by atoms with van der Waals surface area (Å²) in [5, 5.41) is 11.4. The van der Waals surface area contributed by atoms with Gasteiger partial charge in [-0.15, -0.1) is 0 Å². The van der Waals surface area contributed by atoms with Gasteiger partial charge in [-0.05, 0) is 90.2 Å². The van der Waals surface area contributed by atoms with Crippen LogP contribution in [0.15, 0.2) is 60.7 Å². The zero-order valence-corrected chi connectivity index (χ0v) is 36.7. The molecular formula is C44H88N6O6. The topological polar surface area (TPSA) is 187 Å². The summed E-state index contributed by atoms with van der Waals surface area (Å²) >= 11 is 0. The molecule has 2 atom stereocenters. The number of benzene rings is 2. The van der Waals surface area contributed by atoms with Crippen molar-refractivity contribution in [3.8, 4) is 0 Å². The lowest BCUT2D eigenvalue weighted by molar-refractivity contribution is -0.120. The number of primary amides is 2. The molecule has 0 fully saturated rings. The number of carbonyl (C=O) groups excluding carboxylic acids is 4. The molecule has 0 saturated carbocycles. The normalized spacial score (nSPS) is 10.1. The van der Waals surface area contributed by atoms with Gasteiger partial charge in [0.05, 0.1) is 12.1 Å². The summed E-state index contributed by atoms with van der Waals surface area (Å²) in [7, 11) is 6.82. The van der Waals surface area contributed by atoms with Crippen LogP contribution in [0.1, 0.15) is 143 Å². The standard InChI is InChI=1S/2C14H21N3O2.C4H10O.C3H8O.2C3H8.C2H6.CH4.H2/c2*1-16-12(13(15)18)9-5-6-10-17-14(19)11-7-3-2-4-8-11;1-3-4-5-2;1-3-4-2;2*1-3-2;1-2;;/h2*2-4,7-8,12,16H,5-6,9-10H2,1H3,(H2,15,18)(H,17,19);3-4H2,1-2H3;3H2,1-2H3;2*3H2,1-2H3;1-2H3;1H4;1H/t2*12-;;;;;;;/m00......./s1. The van der Waals surface area contributed by atoms with Crippen LogP contribution < -0.4 is 32.7 Å². The molecule has 12 nitrogen and oxygen atoms in total. The van der Waals surface area contributed by atoms with Gasteiger partial charge < -0.3 is 42.2 Å². The Bertz CT molecular complexity index is 1020. The maximum Gasteiger partial charge on any atom is 0.251 e. The van der Waals surface area contributed by atoms with Crippen molar-refractivity contribution in [1.82, 2.24) is 21.3 Å². The van der Waals surface area contributed by atoms with Gasteiger partial charge in [0.15, 0.2) is 0 Å². The molecule has 8 N–H and O–H groups in total. The van der Waals surface area contributed by atoms with Crippen LogP contribution in [0, 0.1) is 0 Å². The van der Waals surface area contributed by atoms with E-state index in [2.05, 4.69) is 60.6 Å². The molecule has 56 heavy (non-hydrogen) atoms. The van der Waals surface area contributed by atoms with Crippen molar-refractivity contribution in [3.63, 3.8) is 0 Å². The number of likely N-dealkylation sites (N-methyl/N-ethyl adjacent to an activating group) is 2. The van der Waals surface area contributed by atoms with E-state index in [0.717, 1.165) is 45.3 Å². The molecule has 2 aromatic carbocycles. The summed E-state index contributed by atoms with van der Waals surface area (Å²) in [5.41, 5.74) is 11.7. The van der Waals surface area contributed by atoms with Crippen molar-refractivity contribution in [1.29, 1.82) is 0 Å². The molecule has 0 unspecified atom stereocenters. The van der Waals surface area contributed by atoms with Crippen LogP contribution in [0.2, 0.25) is 0 Å². The molecule has 4 amide bonds. The number of ether oxygens (including phenoxy) is 2. The Hall–Kier alpha value is -3.84. The molecule has 2 rings (SSSR count). The molecule has 0 aliphatic rings. The van der Waals surface area contributed by atoms with Crippen molar-refractivity contribution >= 4 is 23.6 Å². The third kappa shape index (κ3) is 46.3. The van der Waals surface area contributed by atoms with Crippen LogP contribution in [0.5, 0.6) is 0 Å². The molecule has 0 heterocycles. The van der Waals surface area contributed by atoms with Crippen LogP contribution in [0.4, 0.5) is 0 Å². The van der Waals surface area contributed by atoms with E-state index in [1.807, 2.05) is 57.2 Å². The average Bonchev–Trinajstić information content (AvgIpc) is 3.20. The van der Waals surface area contributed by atoms with Crippen LogP contribution in [-0.4, -0.2) is 90.3 Å². The highest BCUT2D eigenvalue weighted by atomic mass is 16.5. The number of carbonyl (C=O) groups is 4. The van der Waals surface area contributed by atoms with E-state index in [9.17, 15) is 19.2 Å². The summed E-state index contributed by atoms with van der Waals surface area (Å²) in [5.74, 6) is -0.812. The highest BCUT2D eigenvalue weighted by Gasteiger charge is 2.12. The van der Waals surface area contributed by atoms with Crippen LogP contribution in [0.3, 0.4) is 0 Å². The first-order valence-corrected chi connectivity index (χ1v) is 20.0. The highest BCUT2D eigenvalue weighted by molar-refractivity contribution is 5.94. The van der Waals surface area contributed by atoms with Gasteiger partial charge in [0.25, 0.3) is 11.8 Å². The lowest BCUT2D eigenvalue weighted by Gasteiger charge is -2.11. The average molecular weight is 797 g/mol. The van der Waals surface area contributed by atoms with E-state index in [-0.39, 0.29) is 44.6 Å². The summed E-state index contributed by atoms with van der Waals surface area (Å²) in [6.45, 7) is 19.5. The number of rotatable bonds is 19. The molecular weight excluding hydrogens is 709 g/mol. The third-order valence-corrected chi connectivity index (χ3v) is 6.56. The van der Waals surface area contributed by atoms with Crippen molar-refractivity contribution in [3.05, 3.63) is 71.8 Å². The summed E-state index contributed by atoms with van der Waals surface area (Å²) in [6, 6.07) is 17.6. The lowest BCUT2D eigenvalue weighted by atomic mass is 10.1. The lowest BCUT2D eigenvalue weighted by Crippen LogP contribution is -2.39. The Kier molecular flexibility index (Phi) is 60.9. The van der Waals surface area contributed by atoms with Gasteiger partial charge >= 0.3 is 0 Å². The van der Waals surface area contributed by atoms with Gasteiger partial charge in [-0.3, -0.25) is 19.2 Å². The second-order valence-electron chi connectivity index (χ2n) is 11.7. The van der Waals surface area contributed by atoms with Gasteiger partial charge in [-0.2, -0.15) is 0 Å². The zero-order valence-electron chi connectivity index (χ0n) is 36.7. The van der Waals surface area contributed by atoms with E-state index in [1.54, 1.807) is 52.6 Å². The number of nitrogens with two attached hydrogens (primary N) is 2. The number of unbranched alkanes of at least 4 members (excludes halogenated alkanes) is 2. The monoisotopic (exact) mass is 797 g/mol. The number of hydrogen-bond acceptors (Lipinski definition) is 8. The quantitative estimate of drug-likeness (QED) is 0.0779. The predicted octanol–water partition coefficient (Wildman–Crippen LogP) is 7.76. The van der Waals surface area contributed by atoms with E-state index >= 15 is 0 Å². The first kappa shape index (κ1) is 64.1. The smallest absolute Gasteiger partial charge is 0.251 e. The number of amides is 4. The van der Waals surface area contributed by atoms with Crippen molar-refractivity contribution in [2.24, 2.45) is 11.5 Å². The fraction of sp³-hybridized carbons (Fsp3) is 0.636. The van der Waals surface area contributed by atoms with E-state index < -0.39 is 0 Å². The molecule has 0 radical (unpaired) electrons. The Labute approximate surface area is 344 Å². The minimum Gasteiger partial charge on any atom is -0.385 e. The molecule has 0 saturated heterocycles. The molecule has 2 aromatic rings. The fourth-order valence-electron chi connectivity index (χ4n) is 3.80. The summed E-state index contributed by atoms with van der Waals surface area (Å²) in [4.78, 5) is 45.4. The van der Waals surface area contributed by atoms with E-state index in [0.29, 0.717) is 37.1 Å². The highest BCUT2D eigenvalue weighted by Crippen LogP contribution is 2.03. The maximum absolute atomic E-state index is 11.7. The SMILES string of the molecule is C.CC.CCC.CCC.CCCOC.CCOC.CN[C@@H](CCCCNC(=O)c1ccccc1)C(N)=O.CN[C@@H](CCCCNC(=O)c1ccccc1)C(N)=O.[HH]. The molecule has 0 spiro atoms. The van der Waals surface area contributed by atoms with E-state index in [1.165, 1.54) is 12.8 Å². The molecule has 0 aromatic heterocycles. The van der Waals surface area contributed by atoms with Crippen LogP contribution in [-0.2, 0) is 19.1 Å². The number of hydrogen-bond donors (Lipinski definition) is 6. The zero-order chi connectivity index (χ0) is 43.1. The van der Waals surface area contributed by atoms with Gasteiger partial charge in [0.1, 0.15) is 0 Å². The Balaban J connectivity index is -0.000000123. The van der Waals surface area contributed by atoms with Gasteiger partial charge in [0, 0.05) is 53.1 Å². The molecule has 0 aliphatic heterocycles. The first-order valence-electron chi connectivity index (χ1n) is 20.0. The third-order valence-electron chi connectivity index (χ3n) is 6.56. The van der Waals surface area contributed by atoms with Crippen molar-refractivity contribution in [2.45, 2.75) is 133 Å². The Morgan fingerprint density at radius 2 is 0.911 bits per heavy atom. The molecule has 0 aliphatic carbocycles. The second-order valence-corrected chi connectivity index (χ2v) is 11.7. The molecule has 12 heteroatoms. The fourth-order valence-corrected chi connectivity index (χ4v) is 3.80. The van der Waals surface area contributed by atoms with Gasteiger partial charge in [0.2, 0.25) is 11.8 Å². The van der Waals surface area contributed by atoms with E-state index in [4.69, 9.17) is 16.2 Å². The maximum atomic E-state index is 11.7. The largest absolute Gasteiger partial charge is 0.385 e. The predicted molar refractivity (Wildman–Crippen MR) is 241 cm³/mol. The first-order chi connectivity index (χ1) is 26.5. The summed E-state index contributed by atoms with van der Waals surface area (Å²) < 4.78 is 9.23. The number of methoxy groups -OCH3 is 2. The molecule has 330 valence electrons.